The first-order valence-corrected chi connectivity index (χ1v) is 12.1. The lowest BCUT2D eigenvalue weighted by Crippen LogP contribution is -2.32. The Labute approximate surface area is 196 Å². The number of hydrogen-bond acceptors (Lipinski definition) is 6. The number of nitrogens with one attached hydrogen (secondary N) is 1. The summed E-state index contributed by atoms with van der Waals surface area (Å²) >= 11 is 1.24. The molecule has 2 heterocycles. The van der Waals surface area contributed by atoms with Crippen molar-refractivity contribution in [2.45, 2.75) is 56.4 Å². The molecule has 0 aliphatic heterocycles. The van der Waals surface area contributed by atoms with Crippen LogP contribution in [0.4, 0.5) is 0 Å². The van der Waals surface area contributed by atoms with Crippen molar-refractivity contribution in [3.8, 4) is 11.4 Å². The number of hydrogen-bond donors (Lipinski definition) is 1. The second-order valence-corrected chi connectivity index (χ2v) is 9.50. The number of thioether (sulfide) groups is 1. The molecule has 2 aromatic heterocycles. The minimum atomic E-state index is -0.407. The minimum Gasteiger partial charge on any atom is -0.355 e. The molecule has 174 valence electrons. The van der Waals surface area contributed by atoms with Gasteiger partial charge in [0, 0.05) is 13.6 Å². The molecule has 1 aliphatic carbocycles. The summed E-state index contributed by atoms with van der Waals surface area (Å²) in [5, 5.41) is 14.9. The fourth-order valence-corrected chi connectivity index (χ4v) is 4.84. The van der Waals surface area contributed by atoms with Gasteiger partial charge in [-0.15, -0.1) is 5.10 Å². The van der Waals surface area contributed by atoms with Crippen LogP contribution in [0.5, 0.6) is 0 Å². The highest BCUT2D eigenvalue weighted by molar-refractivity contribution is 8.00. The van der Waals surface area contributed by atoms with Gasteiger partial charge >= 0.3 is 0 Å². The first-order valence-electron chi connectivity index (χ1n) is 11.2. The van der Waals surface area contributed by atoms with E-state index in [-0.39, 0.29) is 11.5 Å². The molecule has 0 saturated heterocycles. The molecule has 0 fully saturated rings. The zero-order valence-electron chi connectivity index (χ0n) is 19.2. The Balaban J connectivity index is 1.49. The predicted molar refractivity (Wildman–Crippen MR) is 128 cm³/mol. The van der Waals surface area contributed by atoms with Gasteiger partial charge in [0.15, 0.2) is 5.69 Å². The minimum absolute atomic E-state index is 0.0718. The molecule has 1 N–H and O–H groups in total. The third-order valence-electron chi connectivity index (χ3n) is 5.96. The van der Waals surface area contributed by atoms with Gasteiger partial charge in [-0.1, -0.05) is 41.6 Å². The number of nitrogens with zero attached hydrogens (tertiary/aromatic N) is 6. The Morgan fingerprint density at radius 2 is 2.03 bits per heavy atom. The molecule has 10 heteroatoms. The number of benzene rings is 1. The van der Waals surface area contributed by atoms with Crippen molar-refractivity contribution < 1.29 is 4.79 Å². The number of allylic oxidation sites excluding steroid dienone is 1. The first-order chi connectivity index (χ1) is 16.0. The second-order valence-electron chi connectivity index (χ2n) is 8.19. The molecule has 9 nitrogen and oxygen atoms in total. The molecular formula is C23H29N7O2S. The summed E-state index contributed by atoms with van der Waals surface area (Å²) < 4.78 is 4.79. The van der Waals surface area contributed by atoms with E-state index in [0.29, 0.717) is 17.4 Å². The number of rotatable bonds is 8. The molecule has 0 radical (unpaired) electrons. The molecule has 0 spiro atoms. The number of para-hydroxylation sites is 1. The van der Waals surface area contributed by atoms with Crippen molar-refractivity contribution in [1.82, 2.24) is 34.9 Å². The average molecular weight is 468 g/mol. The second kappa shape index (κ2) is 10.2. The third kappa shape index (κ3) is 4.95. The van der Waals surface area contributed by atoms with Gasteiger partial charge in [-0.2, -0.15) is 4.68 Å². The monoisotopic (exact) mass is 467 g/mol. The fraction of sp³-hybridized carbons (Fsp3) is 0.435. The lowest BCUT2D eigenvalue weighted by atomic mass is 9.97. The summed E-state index contributed by atoms with van der Waals surface area (Å²) in [6.07, 6.45) is 7.96. The molecule has 0 saturated carbocycles. The van der Waals surface area contributed by atoms with Gasteiger partial charge < -0.3 is 5.32 Å². The van der Waals surface area contributed by atoms with Crippen LogP contribution >= 0.6 is 11.8 Å². The van der Waals surface area contributed by atoms with E-state index in [4.69, 9.17) is 0 Å². The fourth-order valence-electron chi connectivity index (χ4n) is 4.02. The SMILES string of the molecule is Cc1c(-n2nnnc2SC(C)C(=O)NCCC2=CCCCC2)c(=O)n(-c2ccccc2)n1C. The summed E-state index contributed by atoms with van der Waals surface area (Å²) in [5.74, 6) is -0.0718. The van der Waals surface area contributed by atoms with Crippen molar-refractivity contribution >= 4 is 17.7 Å². The Morgan fingerprint density at radius 3 is 2.76 bits per heavy atom. The molecule has 33 heavy (non-hydrogen) atoms. The number of carbonyl (C=O) groups excluding carboxylic acids is 1. The molecule has 1 amide bonds. The average Bonchev–Trinajstić information content (AvgIpc) is 3.36. The molecule has 1 aromatic carbocycles. The lowest BCUT2D eigenvalue weighted by Gasteiger charge is -2.14. The molecular weight excluding hydrogens is 438 g/mol. The van der Waals surface area contributed by atoms with Gasteiger partial charge in [0.2, 0.25) is 11.1 Å². The Kier molecular flexibility index (Phi) is 7.12. The molecule has 4 rings (SSSR count). The molecule has 1 aliphatic rings. The van der Waals surface area contributed by atoms with Gasteiger partial charge in [-0.05, 0) is 68.5 Å². The topological polar surface area (TPSA) is 99.6 Å². The Bertz CT molecular complexity index is 1210. The van der Waals surface area contributed by atoms with Crippen LogP contribution in [0.1, 0.15) is 44.7 Å². The normalized spacial score (nSPS) is 14.7. The predicted octanol–water partition coefficient (Wildman–Crippen LogP) is 2.95. The summed E-state index contributed by atoms with van der Waals surface area (Å²) in [6.45, 7) is 4.29. The third-order valence-corrected chi connectivity index (χ3v) is 6.99. The summed E-state index contributed by atoms with van der Waals surface area (Å²) in [7, 11) is 1.82. The standard InChI is InChI=1S/C23H29N7O2S/c1-16-20(22(32)30(28(16)3)19-12-8-5-9-13-19)29-23(25-26-27-29)33-17(2)21(31)24-15-14-18-10-6-4-7-11-18/h5,8-10,12-13,17H,4,6-7,11,14-15H2,1-3H3,(H,24,31). The van der Waals surface area contributed by atoms with Gasteiger partial charge in [0.25, 0.3) is 5.56 Å². The van der Waals surface area contributed by atoms with E-state index >= 15 is 0 Å². The van der Waals surface area contributed by atoms with Crippen LogP contribution in [0, 0.1) is 6.92 Å². The molecule has 1 atom stereocenters. The van der Waals surface area contributed by atoms with Gasteiger partial charge in [0.05, 0.1) is 16.6 Å². The van der Waals surface area contributed by atoms with Crippen LogP contribution in [0.15, 0.2) is 51.9 Å². The van der Waals surface area contributed by atoms with Gasteiger partial charge in [-0.3, -0.25) is 14.3 Å². The maximum absolute atomic E-state index is 13.3. The quantitative estimate of drug-likeness (QED) is 0.404. The summed E-state index contributed by atoms with van der Waals surface area (Å²) in [4.78, 5) is 25.9. The number of aromatic nitrogens is 6. The zero-order chi connectivity index (χ0) is 23.4. The Morgan fingerprint density at radius 1 is 1.24 bits per heavy atom. The molecule has 1 unspecified atom stereocenters. The van der Waals surface area contributed by atoms with Crippen LogP contribution in [-0.2, 0) is 11.8 Å². The zero-order valence-corrected chi connectivity index (χ0v) is 20.0. The molecule has 0 bridgehead atoms. The van der Waals surface area contributed by atoms with Crippen molar-refractivity contribution in [3.63, 3.8) is 0 Å². The highest BCUT2D eigenvalue weighted by atomic mass is 32.2. The maximum atomic E-state index is 13.3. The summed E-state index contributed by atoms with van der Waals surface area (Å²) in [6, 6.07) is 9.41. The van der Waals surface area contributed by atoms with Crippen LogP contribution < -0.4 is 10.9 Å². The van der Waals surface area contributed by atoms with Crippen molar-refractivity contribution in [3.05, 3.63) is 58.0 Å². The largest absolute Gasteiger partial charge is 0.355 e. The number of amides is 1. The van der Waals surface area contributed by atoms with Crippen LogP contribution in [0.25, 0.3) is 11.4 Å². The van der Waals surface area contributed by atoms with Crippen molar-refractivity contribution in [2.24, 2.45) is 7.05 Å². The smallest absolute Gasteiger partial charge is 0.297 e. The van der Waals surface area contributed by atoms with Crippen molar-refractivity contribution in [1.29, 1.82) is 0 Å². The summed E-state index contributed by atoms with van der Waals surface area (Å²) in [5.41, 5.74) is 3.04. The van der Waals surface area contributed by atoms with E-state index in [1.807, 2.05) is 51.2 Å². The highest BCUT2D eigenvalue weighted by Gasteiger charge is 2.24. The van der Waals surface area contributed by atoms with Crippen LogP contribution in [0.2, 0.25) is 0 Å². The van der Waals surface area contributed by atoms with E-state index < -0.39 is 5.25 Å². The number of carbonyl (C=O) groups is 1. The van der Waals surface area contributed by atoms with E-state index in [0.717, 1.165) is 30.6 Å². The van der Waals surface area contributed by atoms with E-state index in [2.05, 4.69) is 26.9 Å². The van der Waals surface area contributed by atoms with Gasteiger partial charge in [0.1, 0.15) is 0 Å². The number of tetrazole rings is 1. The van der Waals surface area contributed by atoms with Crippen molar-refractivity contribution in [2.75, 3.05) is 6.54 Å². The van der Waals surface area contributed by atoms with E-state index in [9.17, 15) is 9.59 Å². The molecule has 3 aromatic rings. The van der Waals surface area contributed by atoms with Gasteiger partial charge in [-0.25, -0.2) is 4.68 Å². The lowest BCUT2D eigenvalue weighted by molar-refractivity contribution is -0.120. The maximum Gasteiger partial charge on any atom is 0.297 e. The van der Waals surface area contributed by atoms with Crippen LogP contribution in [-0.4, -0.2) is 47.3 Å². The Hall–Kier alpha value is -3.14. The first kappa shape index (κ1) is 23.0. The highest BCUT2D eigenvalue weighted by Crippen LogP contribution is 2.24. The van der Waals surface area contributed by atoms with E-state index in [1.165, 1.54) is 34.9 Å². The van der Waals surface area contributed by atoms with Crippen LogP contribution in [0.3, 0.4) is 0 Å². The van der Waals surface area contributed by atoms with E-state index in [1.54, 1.807) is 9.36 Å².